The van der Waals surface area contributed by atoms with Gasteiger partial charge in [0, 0.05) is 11.6 Å². The van der Waals surface area contributed by atoms with Crippen molar-refractivity contribution in [3.8, 4) is 0 Å². The smallest absolute Gasteiger partial charge is 0.326 e. The maximum atomic E-state index is 14.7. The fourth-order valence-corrected chi connectivity index (χ4v) is 4.98. The third-order valence-corrected chi connectivity index (χ3v) is 7.20. The summed E-state index contributed by atoms with van der Waals surface area (Å²) < 4.78 is 120. The molecule has 1 aliphatic carbocycles. The monoisotopic (exact) mass is 657 g/mol. The Morgan fingerprint density at radius 3 is 2.07 bits per heavy atom. The van der Waals surface area contributed by atoms with Crippen LogP contribution >= 0.6 is 23.2 Å². The van der Waals surface area contributed by atoms with Crippen LogP contribution in [-0.4, -0.2) is 28.5 Å². The number of amides is 3. The Bertz CT molecular complexity index is 1630. The van der Waals surface area contributed by atoms with E-state index in [0.29, 0.717) is 30.3 Å². The summed E-state index contributed by atoms with van der Waals surface area (Å²) in [5.41, 5.74) is -5.10. The molecule has 3 aromatic carbocycles. The van der Waals surface area contributed by atoms with Crippen molar-refractivity contribution in [2.24, 2.45) is 5.92 Å². The Morgan fingerprint density at radius 1 is 0.814 bits per heavy atom. The first-order chi connectivity index (χ1) is 19.9. The molecule has 2 atom stereocenters. The van der Waals surface area contributed by atoms with Crippen LogP contribution in [0, 0.1) is 29.2 Å². The Labute approximate surface area is 245 Å². The third-order valence-electron chi connectivity index (χ3n) is 6.26. The number of alkyl halides is 7. The third kappa shape index (κ3) is 6.51. The second-order valence-corrected chi connectivity index (χ2v) is 10.5. The van der Waals surface area contributed by atoms with Crippen LogP contribution in [-0.2, 0) is 15.8 Å². The van der Waals surface area contributed by atoms with E-state index in [9.17, 15) is 53.9 Å². The zero-order chi connectivity index (χ0) is 32.0. The Hall–Kier alpha value is -3.98. The lowest BCUT2D eigenvalue weighted by Crippen LogP contribution is -2.22. The van der Waals surface area contributed by atoms with Gasteiger partial charge in [0.25, 0.3) is 11.8 Å². The fraction of sp³-hybridized carbons (Fsp3) is 0.192. The van der Waals surface area contributed by atoms with Crippen molar-refractivity contribution in [3.63, 3.8) is 0 Å². The molecule has 0 aromatic heterocycles. The summed E-state index contributed by atoms with van der Waals surface area (Å²) >= 11 is 12.3. The van der Waals surface area contributed by atoms with Crippen molar-refractivity contribution >= 4 is 58.0 Å². The van der Waals surface area contributed by atoms with Crippen molar-refractivity contribution in [1.29, 1.82) is 0 Å². The average molecular weight is 658 g/mol. The molecular formula is C26H14Cl2F9N3O3. The van der Waals surface area contributed by atoms with Crippen molar-refractivity contribution in [2.75, 3.05) is 16.0 Å². The topological polar surface area (TPSA) is 87.3 Å². The van der Waals surface area contributed by atoms with Gasteiger partial charge in [0.1, 0.15) is 27.5 Å². The molecular weight excluding hydrogens is 644 g/mol. The fourth-order valence-electron chi connectivity index (χ4n) is 4.15. The lowest BCUT2D eigenvalue weighted by atomic mass is 10.0. The number of anilines is 3. The number of nitrogens with one attached hydrogen (secondary N) is 3. The quantitative estimate of drug-likeness (QED) is 0.185. The molecule has 3 N–H and O–H groups in total. The molecule has 1 saturated carbocycles. The van der Waals surface area contributed by atoms with Gasteiger partial charge in [0.15, 0.2) is 5.82 Å². The summed E-state index contributed by atoms with van der Waals surface area (Å²) in [6, 6.07) is 5.48. The largest absolute Gasteiger partial charge is 0.419 e. The van der Waals surface area contributed by atoms with Crippen LogP contribution in [0.15, 0.2) is 48.5 Å². The lowest BCUT2D eigenvalue weighted by Gasteiger charge is -2.13. The van der Waals surface area contributed by atoms with Gasteiger partial charge in [0.2, 0.25) is 5.91 Å². The molecule has 3 aromatic rings. The zero-order valence-electron chi connectivity index (χ0n) is 20.7. The number of carbonyl (C=O) groups is 3. The van der Waals surface area contributed by atoms with Crippen molar-refractivity contribution in [1.82, 2.24) is 0 Å². The Morgan fingerprint density at radius 2 is 1.44 bits per heavy atom. The molecule has 0 aliphatic heterocycles. The van der Waals surface area contributed by atoms with E-state index in [4.69, 9.17) is 23.2 Å². The first-order valence-corrected chi connectivity index (χ1v) is 12.4. The molecule has 0 unspecified atom stereocenters. The first kappa shape index (κ1) is 31.9. The number of benzene rings is 3. The molecule has 17 heteroatoms. The van der Waals surface area contributed by atoms with E-state index >= 15 is 0 Å². The van der Waals surface area contributed by atoms with E-state index in [0.717, 1.165) is 18.2 Å². The number of carbonyl (C=O) groups excluding carboxylic acids is 3. The SMILES string of the molecule is O=C(Nc1c(F)ccc(NC(=O)C(F)F)c1F)c1cc(NC(=O)[C@H]2[C@H](c3ccc(F)c(C(F)(F)F)c3)C2(Cl)Cl)ccc1F. The number of hydrogen-bond acceptors (Lipinski definition) is 3. The first-order valence-electron chi connectivity index (χ1n) is 11.7. The van der Waals surface area contributed by atoms with Crippen molar-refractivity contribution < 1.29 is 53.9 Å². The van der Waals surface area contributed by atoms with Crippen molar-refractivity contribution in [3.05, 3.63) is 88.5 Å². The number of halogens is 11. The van der Waals surface area contributed by atoms with E-state index in [1.807, 2.05) is 0 Å². The molecule has 0 heterocycles. The van der Waals surface area contributed by atoms with Gasteiger partial charge in [-0.2, -0.15) is 22.0 Å². The standard InChI is InChI=1S/C26H14Cl2F9N3O3/c27-25(28)17(9-1-3-14(30)12(7-9)26(35,36)37)18(25)23(42)38-10-2-4-13(29)11(8-10)22(41)40-20-15(31)5-6-16(19(20)32)39-24(43)21(33)34/h1-8,17-18,21H,(H,38,42)(H,39,43)(H,40,41)/t17-,18+/m0/s1. The van der Waals surface area contributed by atoms with Gasteiger partial charge in [-0.25, -0.2) is 17.6 Å². The maximum Gasteiger partial charge on any atom is 0.419 e. The van der Waals surface area contributed by atoms with Gasteiger partial charge in [-0.1, -0.05) is 6.07 Å². The minimum absolute atomic E-state index is 0.200. The van der Waals surface area contributed by atoms with Gasteiger partial charge >= 0.3 is 12.6 Å². The second-order valence-electron chi connectivity index (χ2n) is 9.08. The highest BCUT2D eigenvalue weighted by molar-refractivity contribution is 6.53. The highest BCUT2D eigenvalue weighted by Crippen LogP contribution is 2.65. The molecule has 6 nitrogen and oxygen atoms in total. The van der Waals surface area contributed by atoms with Crippen LogP contribution in [0.25, 0.3) is 0 Å². The Balaban J connectivity index is 1.53. The highest BCUT2D eigenvalue weighted by atomic mass is 35.5. The van der Waals surface area contributed by atoms with Gasteiger partial charge < -0.3 is 16.0 Å². The van der Waals surface area contributed by atoms with Crippen LogP contribution in [0.5, 0.6) is 0 Å². The predicted octanol–water partition coefficient (Wildman–Crippen LogP) is 7.24. The summed E-state index contributed by atoms with van der Waals surface area (Å²) in [4.78, 5) is 36.7. The van der Waals surface area contributed by atoms with Crippen LogP contribution in [0.4, 0.5) is 56.6 Å². The minimum Gasteiger partial charge on any atom is -0.326 e. The lowest BCUT2D eigenvalue weighted by molar-refractivity contribution is -0.140. The van der Waals surface area contributed by atoms with Gasteiger partial charge in [-0.05, 0) is 48.0 Å². The molecule has 0 spiro atoms. The predicted molar refractivity (Wildman–Crippen MR) is 136 cm³/mol. The van der Waals surface area contributed by atoms with E-state index < -0.39 is 92.3 Å². The summed E-state index contributed by atoms with van der Waals surface area (Å²) in [5, 5.41) is 5.45. The van der Waals surface area contributed by atoms with Crippen LogP contribution < -0.4 is 16.0 Å². The van der Waals surface area contributed by atoms with Crippen LogP contribution in [0.2, 0.25) is 0 Å². The molecule has 228 valence electrons. The summed E-state index contributed by atoms with van der Waals surface area (Å²) in [7, 11) is 0. The second kappa shape index (κ2) is 11.6. The van der Waals surface area contributed by atoms with E-state index in [-0.39, 0.29) is 11.3 Å². The highest BCUT2D eigenvalue weighted by Gasteiger charge is 2.67. The minimum atomic E-state index is -5.05. The maximum absolute atomic E-state index is 14.7. The molecule has 1 fully saturated rings. The van der Waals surface area contributed by atoms with E-state index in [1.54, 1.807) is 5.32 Å². The molecule has 0 radical (unpaired) electrons. The molecule has 3 amide bonds. The summed E-state index contributed by atoms with van der Waals surface area (Å²) in [6.45, 7) is 0. The summed E-state index contributed by atoms with van der Waals surface area (Å²) in [6.07, 6.45) is -8.59. The van der Waals surface area contributed by atoms with Crippen LogP contribution in [0.3, 0.4) is 0 Å². The molecule has 43 heavy (non-hydrogen) atoms. The molecule has 0 bridgehead atoms. The zero-order valence-corrected chi connectivity index (χ0v) is 22.2. The van der Waals surface area contributed by atoms with Gasteiger partial charge in [-0.15, -0.1) is 23.2 Å². The summed E-state index contributed by atoms with van der Waals surface area (Å²) in [5.74, 6) is -12.8. The van der Waals surface area contributed by atoms with Crippen molar-refractivity contribution in [2.45, 2.75) is 22.9 Å². The average Bonchev–Trinajstić information content (AvgIpc) is 3.50. The molecule has 0 saturated heterocycles. The van der Waals surface area contributed by atoms with Crippen LogP contribution in [0.1, 0.15) is 27.4 Å². The van der Waals surface area contributed by atoms with Gasteiger partial charge in [-0.3, -0.25) is 14.4 Å². The number of hydrogen-bond donors (Lipinski definition) is 3. The Kier molecular flexibility index (Phi) is 8.62. The van der Waals surface area contributed by atoms with E-state index in [1.165, 1.54) is 5.32 Å². The van der Waals surface area contributed by atoms with E-state index in [2.05, 4.69) is 5.32 Å². The number of rotatable bonds is 7. The molecule has 1 aliphatic rings. The van der Waals surface area contributed by atoms with Gasteiger partial charge in [0.05, 0.1) is 22.7 Å². The molecule has 4 rings (SSSR count). The normalized spacial score (nSPS) is 17.4.